The quantitative estimate of drug-likeness (QED) is 0.341. The number of piperidine rings is 1. The second-order valence-electron chi connectivity index (χ2n) is 14.3. The van der Waals surface area contributed by atoms with Crippen LogP contribution in [0.1, 0.15) is 67.1 Å². The maximum atomic E-state index is 17.7. The van der Waals surface area contributed by atoms with E-state index in [-0.39, 0.29) is 57.1 Å². The van der Waals surface area contributed by atoms with E-state index >= 15 is 4.39 Å². The van der Waals surface area contributed by atoms with Crippen molar-refractivity contribution >= 4 is 23.3 Å². The third-order valence-electron chi connectivity index (χ3n) is 11.4. The molecule has 4 atom stereocenters. The SMILES string of the molecule is COC[C@H]1CN(C(=O)[C@]2(F)CN(C3CCC(=O)CC3)C[C@H]2c2ccc(OC)cc2)C[C@@H]1c1ccc(C(F)(F)F)cc1N1CCC(C(=O)O)CC1. The Labute approximate surface area is 289 Å². The van der Waals surface area contributed by atoms with E-state index in [1.165, 1.54) is 18.1 Å². The van der Waals surface area contributed by atoms with Crippen molar-refractivity contribution < 1.29 is 46.5 Å². The number of amides is 1. The lowest BCUT2D eigenvalue weighted by molar-refractivity contribution is -0.143. The van der Waals surface area contributed by atoms with Gasteiger partial charge in [-0.2, -0.15) is 13.2 Å². The molecule has 272 valence electrons. The predicted octanol–water partition coefficient (Wildman–Crippen LogP) is 5.52. The Morgan fingerprint density at radius 3 is 2.24 bits per heavy atom. The molecule has 50 heavy (non-hydrogen) atoms. The van der Waals surface area contributed by atoms with Crippen LogP contribution >= 0.6 is 0 Å². The standard InChI is InChI=1S/C37H45F4N3O6/c1-49-21-25-18-43(19-31(25)30-12-5-26(37(39,40)41)17-33(30)42-15-13-24(14-16-42)34(46)47)35(48)36(38)22-44(27-6-8-28(45)9-7-27)20-32(36)23-3-10-29(50-2)11-4-23/h3-5,10-12,17,24-25,27,31-32H,6-9,13-16,18-22H2,1-2H3,(H,46,47)/t25-,31+,32+,36+/m1/s1. The number of aliphatic carboxylic acids is 1. The number of carboxylic acid groups (broad SMARTS) is 1. The highest BCUT2D eigenvalue weighted by molar-refractivity contribution is 5.88. The van der Waals surface area contributed by atoms with Gasteiger partial charge in [-0.1, -0.05) is 18.2 Å². The van der Waals surface area contributed by atoms with Crippen LogP contribution in [0.3, 0.4) is 0 Å². The second kappa shape index (κ2) is 14.5. The number of carbonyl (C=O) groups is 3. The number of likely N-dealkylation sites (tertiary alicyclic amines) is 2. The van der Waals surface area contributed by atoms with E-state index in [4.69, 9.17) is 9.47 Å². The van der Waals surface area contributed by atoms with Crippen molar-refractivity contribution in [3.05, 3.63) is 59.2 Å². The van der Waals surface area contributed by atoms with E-state index in [1.54, 1.807) is 36.3 Å². The summed E-state index contributed by atoms with van der Waals surface area (Å²) in [5, 5.41) is 9.50. The smallest absolute Gasteiger partial charge is 0.416 e. The summed E-state index contributed by atoms with van der Waals surface area (Å²) in [6.07, 6.45) is -1.92. The van der Waals surface area contributed by atoms with Gasteiger partial charge in [0, 0.05) is 88.7 Å². The highest BCUT2D eigenvalue weighted by atomic mass is 19.4. The van der Waals surface area contributed by atoms with Gasteiger partial charge in [0.05, 0.1) is 25.2 Å². The molecule has 4 aliphatic rings. The Kier molecular flexibility index (Phi) is 10.5. The van der Waals surface area contributed by atoms with Gasteiger partial charge in [0.25, 0.3) is 5.91 Å². The zero-order chi connectivity index (χ0) is 35.8. The number of anilines is 1. The second-order valence-corrected chi connectivity index (χ2v) is 14.3. The van der Waals surface area contributed by atoms with Gasteiger partial charge in [0.1, 0.15) is 11.5 Å². The Morgan fingerprint density at radius 1 is 0.960 bits per heavy atom. The van der Waals surface area contributed by atoms with E-state index in [0.717, 1.165) is 12.1 Å². The first-order valence-electron chi connectivity index (χ1n) is 17.4. The fourth-order valence-electron chi connectivity index (χ4n) is 8.55. The van der Waals surface area contributed by atoms with E-state index in [1.807, 2.05) is 4.90 Å². The number of alkyl halides is 4. The molecular formula is C37H45F4N3O6. The van der Waals surface area contributed by atoms with Crippen molar-refractivity contribution in [2.45, 2.75) is 68.2 Å². The average Bonchev–Trinajstić information content (AvgIpc) is 3.69. The average molecular weight is 704 g/mol. The van der Waals surface area contributed by atoms with Crippen molar-refractivity contribution in [1.29, 1.82) is 0 Å². The highest BCUT2D eigenvalue weighted by Gasteiger charge is 2.57. The van der Waals surface area contributed by atoms with E-state index in [9.17, 15) is 32.7 Å². The summed E-state index contributed by atoms with van der Waals surface area (Å²) in [6.45, 7) is 1.20. The summed E-state index contributed by atoms with van der Waals surface area (Å²) >= 11 is 0. The molecular weight excluding hydrogens is 658 g/mol. The largest absolute Gasteiger partial charge is 0.497 e. The molecule has 0 spiro atoms. The molecule has 6 rings (SSSR count). The Morgan fingerprint density at radius 2 is 1.64 bits per heavy atom. The van der Waals surface area contributed by atoms with Crippen LogP contribution in [0.25, 0.3) is 0 Å². The van der Waals surface area contributed by atoms with Crippen LogP contribution in [-0.2, 0) is 25.3 Å². The van der Waals surface area contributed by atoms with Crippen molar-refractivity contribution in [3.63, 3.8) is 0 Å². The van der Waals surface area contributed by atoms with Crippen LogP contribution in [0.15, 0.2) is 42.5 Å². The molecule has 1 aliphatic carbocycles. The topological polar surface area (TPSA) is 99.6 Å². The molecule has 0 bridgehead atoms. The third kappa shape index (κ3) is 7.21. The lowest BCUT2D eigenvalue weighted by atomic mass is 9.85. The number of halogens is 4. The molecule has 3 saturated heterocycles. The number of ether oxygens (including phenoxy) is 2. The Balaban J connectivity index is 1.31. The van der Waals surface area contributed by atoms with Crippen LogP contribution < -0.4 is 9.64 Å². The molecule has 3 aliphatic heterocycles. The number of hydrogen-bond acceptors (Lipinski definition) is 7. The van der Waals surface area contributed by atoms with Gasteiger partial charge in [-0.3, -0.25) is 19.3 Å². The molecule has 13 heteroatoms. The first kappa shape index (κ1) is 36.1. The molecule has 1 amide bonds. The molecule has 1 saturated carbocycles. The third-order valence-corrected chi connectivity index (χ3v) is 11.4. The number of nitrogens with zero attached hydrogens (tertiary/aromatic N) is 3. The molecule has 9 nitrogen and oxygen atoms in total. The molecule has 0 aromatic heterocycles. The lowest BCUT2D eigenvalue weighted by Crippen LogP contribution is -2.50. The number of carboxylic acids is 1. The van der Waals surface area contributed by atoms with Gasteiger partial charge in [-0.15, -0.1) is 0 Å². The van der Waals surface area contributed by atoms with Crippen LogP contribution in [0.5, 0.6) is 5.75 Å². The monoisotopic (exact) mass is 703 g/mol. The molecule has 2 aromatic rings. The summed E-state index contributed by atoms with van der Waals surface area (Å²) in [4.78, 5) is 43.5. The predicted molar refractivity (Wildman–Crippen MR) is 177 cm³/mol. The number of Topliss-reactive ketones (excluding diaryl/α,β-unsaturated/α-hetero) is 1. The van der Waals surface area contributed by atoms with Gasteiger partial charge >= 0.3 is 12.1 Å². The first-order chi connectivity index (χ1) is 23.8. The lowest BCUT2D eigenvalue weighted by Gasteiger charge is -2.35. The zero-order valence-electron chi connectivity index (χ0n) is 28.5. The fourth-order valence-corrected chi connectivity index (χ4v) is 8.55. The number of hydrogen-bond donors (Lipinski definition) is 1. The van der Waals surface area contributed by atoms with Gasteiger partial charge in [0.2, 0.25) is 5.67 Å². The van der Waals surface area contributed by atoms with Gasteiger partial charge in [-0.25, -0.2) is 4.39 Å². The Hall–Kier alpha value is -3.71. The molecule has 1 N–H and O–H groups in total. The van der Waals surface area contributed by atoms with Crippen LogP contribution in [0.2, 0.25) is 0 Å². The minimum atomic E-state index is -4.59. The van der Waals surface area contributed by atoms with Crippen LogP contribution in [0, 0.1) is 11.8 Å². The van der Waals surface area contributed by atoms with E-state index in [2.05, 4.69) is 0 Å². The van der Waals surface area contributed by atoms with Crippen LogP contribution in [-0.4, -0.2) is 104 Å². The summed E-state index contributed by atoms with van der Waals surface area (Å²) in [5.74, 6) is -2.90. The molecule has 3 heterocycles. The molecule has 0 unspecified atom stereocenters. The molecule has 0 radical (unpaired) electrons. The van der Waals surface area contributed by atoms with Crippen LogP contribution in [0.4, 0.5) is 23.2 Å². The van der Waals surface area contributed by atoms with Gasteiger partial charge in [0.15, 0.2) is 0 Å². The van der Waals surface area contributed by atoms with Gasteiger partial charge < -0.3 is 24.4 Å². The molecule has 2 aromatic carbocycles. The van der Waals surface area contributed by atoms with Crippen molar-refractivity contribution in [2.24, 2.45) is 11.8 Å². The number of carbonyl (C=O) groups excluding carboxylic acids is 2. The first-order valence-corrected chi connectivity index (χ1v) is 17.4. The minimum Gasteiger partial charge on any atom is -0.497 e. The summed E-state index contributed by atoms with van der Waals surface area (Å²) < 4.78 is 70.4. The van der Waals surface area contributed by atoms with Gasteiger partial charge in [-0.05, 0) is 61.1 Å². The normalized spacial score (nSPS) is 27.2. The highest BCUT2D eigenvalue weighted by Crippen LogP contribution is 2.47. The number of methoxy groups -OCH3 is 2. The van der Waals surface area contributed by atoms with E-state index in [0.29, 0.717) is 67.6 Å². The summed E-state index contributed by atoms with van der Waals surface area (Å²) in [6, 6.07) is 10.6. The van der Waals surface area contributed by atoms with Crippen molar-refractivity contribution in [1.82, 2.24) is 9.80 Å². The number of benzene rings is 2. The number of ketones is 1. The zero-order valence-corrected chi connectivity index (χ0v) is 28.5. The number of rotatable bonds is 9. The summed E-state index contributed by atoms with van der Waals surface area (Å²) in [5.41, 5.74) is -1.48. The van der Waals surface area contributed by atoms with E-state index < -0.39 is 47.0 Å². The maximum Gasteiger partial charge on any atom is 0.416 e. The van der Waals surface area contributed by atoms with Crippen molar-refractivity contribution in [3.8, 4) is 5.75 Å². The summed E-state index contributed by atoms with van der Waals surface area (Å²) in [7, 11) is 3.06. The minimum absolute atomic E-state index is 0.0218. The Bertz CT molecular complexity index is 1550. The maximum absolute atomic E-state index is 17.7. The fraction of sp³-hybridized carbons (Fsp3) is 0.595. The molecule has 4 fully saturated rings. The van der Waals surface area contributed by atoms with Crippen molar-refractivity contribution in [2.75, 3.05) is 65.0 Å².